The molecule has 26 nitrogen and oxygen atoms in total. The fraction of sp³-hybridized carbons (Fsp3) is 0.300. The van der Waals surface area contributed by atoms with Crippen molar-refractivity contribution in [3.05, 3.63) is 345 Å². The molecule has 8 aromatic heterocycles. The molecule has 2 aliphatic rings. The van der Waals surface area contributed by atoms with Crippen molar-refractivity contribution in [1.82, 2.24) is 69.3 Å². The average molecular weight is 1690 g/mol. The number of benzene rings is 4. The number of carbonyl (C=O) groups excluding carboxylic acids is 6. The van der Waals surface area contributed by atoms with Crippen LogP contribution in [0.5, 0.6) is 11.5 Å². The van der Waals surface area contributed by atoms with E-state index in [4.69, 9.17) is 30.9 Å². The normalized spacial score (nSPS) is 12.3. The number of fused-ring (bicyclic) bond motifs is 2. The van der Waals surface area contributed by atoms with Gasteiger partial charge < -0.3 is 31.6 Å². The van der Waals surface area contributed by atoms with Crippen LogP contribution in [0.15, 0.2) is 255 Å². The molecule has 0 unspecified atom stereocenters. The first-order valence-electron chi connectivity index (χ1n) is 43.4. The van der Waals surface area contributed by atoms with Crippen LogP contribution in [0.25, 0.3) is 0 Å². The van der Waals surface area contributed by atoms with Gasteiger partial charge in [-0.2, -0.15) is 0 Å². The summed E-state index contributed by atoms with van der Waals surface area (Å²) in [6.07, 6.45) is 16.4. The molecule has 0 bridgehead atoms. The van der Waals surface area contributed by atoms with Crippen molar-refractivity contribution in [3.63, 3.8) is 0 Å². The Morgan fingerprint density at radius 1 is 0.317 bits per heavy atom. The van der Waals surface area contributed by atoms with Gasteiger partial charge in [0.25, 0.3) is 23.6 Å². The van der Waals surface area contributed by atoms with Gasteiger partial charge in [0, 0.05) is 129 Å². The van der Waals surface area contributed by atoms with E-state index in [1.807, 2.05) is 133 Å². The Morgan fingerprint density at radius 2 is 0.603 bits per heavy atom. The number of hydrogen-bond donors (Lipinski definition) is 4. The summed E-state index contributed by atoms with van der Waals surface area (Å²) in [4.78, 5) is 127. The van der Waals surface area contributed by atoms with Gasteiger partial charge in [-0.15, -0.1) is 0 Å². The molecule has 6 N–H and O–H groups in total. The molecule has 0 fully saturated rings. The van der Waals surface area contributed by atoms with E-state index in [1.165, 1.54) is 9.80 Å². The summed E-state index contributed by atoms with van der Waals surface area (Å²) in [7, 11) is 0. The van der Waals surface area contributed by atoms with Crippen LogP contribution in [0.3, 0.4) is 0 Å². The molecule has 0 radical (unpaired) electrons. The summed E-state index contributed by atoms with van der Waals surface area (Å²) in [5.74, 6) is 2.36. The number of unbranched alkanes of at least 4 members (excludes halogenated alkanes) is 6. The summed E-state index contributed by atoms with van der Waals surface area (Å²) in [5, 5.41) is 5.98. The van der Waals surface area contributed by atoms with Crippen LogP contribution in [0.4, 0.5) is 23.3 Å². The third-order valence-corrected chi connectivity index (χ3v) is 21.3. The molecular formula is C100H110N18O8. The van der Waals surface area contributed by atoms with Crippen LogP contribution >= 0.6 is 0 Å². The number of aromatic nitrogens is 8. The summed E-state index contributed by atoms with van der Waals surface area (Å²) in [6.45, 7) is 12.3. The van der Waals surface area contributed by atoms with Crippen molar-refractivity contribution in [3.8, 4) is 11.5 Å². The largest absolute Gasteiger partial charge is 0.494 e. The number of ether oxygens (including phenoxy) is 2. The molecule has 0 saturated carbocycles. The third kappa shape index (κ3) is 27.7. The van der Waals surface area contributed by atoms with Gasteiger partial charge in [-0.3, -0.25) is 78.1 Å². The maximum absolute atomic E-state index is 13.0. The lowest BCUT2D eigenvalue weighted by Gasteiger charge is -2.25. The van der Waals surface area contributed by atoms with E-state index in [2.05, 4.69) is 110 Å². The highest BCUT2D eigenvalue weighted by Gasteiger charge is 2.36. The van der Waals surface area contributed by atoms with Gasteiger partial charge in [0.15, 0.2) is 0 Å². The van der Waals surface area contributed by atoms with Crippen molar-refractivity contribution in [1.29, 1.82) is 0 Å². The topological polar surface area (TPSA) is 320 Å². The molecule has 2 aliphatic heterocycles. The SMILES string of the molecule is CCCCCC(=O)Nc1cccc(CN(Cc2cc(CN(Cc3ccccn3)Cc3cccc(NC(=O)CCCCC)n3)cc(OCCCCN3C(=O)c4ccccc4C3=O)c2)Cc2ccccn2)n1.Nc1cccc(CN(Cc2cc(CN(Cc3ccccn3)Cc3cccc(N)n3)cc(OCCCCN3C(=O)c4ccccc4C3=O)c2)Cc2ccccn2)n1. The Balaban J connectivity index is 0.000000221. The van der Waals surface area contributed by atoms with Crippen LogP contribution in [0, 0.1) is 0 Å². The Hall–Kier alpha value is -13.7. The molecule has 6 amide bonds. The maximum atomic E-state index is 13.0. The molecule has 0 spiro atoms. The highest BCUT2D eigenvalue weighted by molar-refractivity contribution is 6.22. The van der Waals surface area contributed by atoms with Crippen molar-refractivity contribution >= 4 is 58.7 Å². The number of nitrogens with one attached hydrogen (secondary N) is 2. The molecular weight excluding hydrogens is 1580 g/mol. The highest BCUT2D eigenvalue weighted by atomic mass is 16.5. The van der Waals surface area contributed by atoms with E-state index >= 15 is 0 Å². The molecule has 12 aromatic rings. The Labute approximate surface area is 736 Å². The van der Waals surface area contributed by atoms with E-state index in [-0.39, 0.29) is 35.4 Å². The number of amides is 6. The number of anilines is 4. The zero-order valence-electron chi connectivity index (χ0n) is 71.7. The minimum Gasteiger partial charge on any atom is -0.494 e. The van der Waals surface area contributed by atoms with Crippen molar-refractivity contribution in [2.24, 2.45) is 0 Å². The second-order valence-electron chi connectivity index (χ2n) is 31.7. The Morgan fingerprint density at radius 3 is 0.897 bits per heavy atom. The van der Waals surface area contributed by atoms with E-state index in [9.17, 15) is 28.8 Å². The van der Waals surface area contributed by atoms with Crippen molar-refractivity contribution in [2.45, 2.75) is 169 Å². The minimum atomic E-state index is -0.257. The quantitative estimate of drug-likeness (QED) is 0.0203. The van der Waals surface area contributed by atoms with E-state index in [0.29, 0.717) is 195 Å². The zero-order chi connectivity index (χ0) is 87.6. The lowest BCUT2D eigenvalue weighted by molar-refractivity contribution is -0.117. The van der Waals surface area contributed by atoms with Crippen molar-refractivity contribution in [2.75, 3.05) is 48.4 Å². The lowest BCUT2D eigenvalue weighted by atomic mass is 10.1. The second kappa shape index (κ2) is 46.7. The maximum Gasteiger partial charge on any atom is 0.261 e. The van der Waals surface area contributed by atoms with Gasteiger partial charge in [0.1, 0.15) is 34.8 Å². The fourth-order valence-electron chi connectivity index (χ4n) is 15.4. The molecule has 0 saturated heterocycles. The minimum absolute atomic E-state index is 0.0403. The molecule has 0 atom stereocenters. The molecule has 4 aromatic carbocycles. The van der Waals surface area contributed by atoms with Crippen LogP contribution in [0.2, 0.25) is 0 Å². The summed E-state index contributed by atoms with van der Waals surface area (Å²) in [6, 6.07) is 73.1. The predicted molar refractivity (Wildman–Crippen MR) is 486 cm³/mol. The van der Waals surface area contributed by atoms with E-state index < -0.39 is 0 Å². The summed E-state index contributed by atoms with van der Waals surface area (Å²) >= 11 is 0. The molecule has 10 heterocycles. The number of nitrogens with two attached hydrogens (primary N) is 2. The highest BCUT2D eigenvalue weighted by Crippen LogP contribution is 2.30. The second-order valence-corrected chi connectivity index (χ2v) is 31.7. The number of carbonyl (C=O) groups is 6. The van der Waals surface area contributed by atoms with Gasteiger partial charge in [-0.05, 0) is 206 Å². The first-order valence-corrected chi connectivity index (χ1v) is 43.4. The first-order chi connectivity index (χ1) is 61.6. The smallest absolute Gasteiger partial charge is 0.261 e. The lowest BCUT2D eigenvalue weighted by Crippen LogP contribution is -2.30. The monoisotopic (exact) mass is 1690 g/mol. The number of imide groups is 2. The van der Waals surface area contributed by atoms with Gasteiger partial charge in [0.2, 0.25) is 11.8 Å². The Bertz CT molecular complexity index is 5260. The number of rotatable bonds is 46. The molecule has 26 heteroatoms. The summed E-state index contributed by atoms with van der Waals surface area (Å²) < 4.78 is 13.0. The standard InChI is InChI=1S/C56H65N9O5.C44H45N9O3/c1-3-5-7-27-53(66)61-51-25-17-21-46(59-51)40-63(38-44-19-11-13-29-57-44)36-42-33-43(35-48(34-42)70-32-16-15-31-65-55(68)49-23-9-10-24-50(49)56(65)69)37-64(39-45-20-12-14-30-58-45)41-47-22-18-26-52(60-47)62-54(67)28-8-6-4-2;45-41-17-9-13-36(49-41)30-51(28-34-11-3-5-19-47-34)26-32-23-33(27-52(29-35-12-4-6-20-48-35)31-37-14-10-18-42(46)50-37)25-38(24-32)56-22-8-7-21-53-43(54)39-15-1-2-16-40(39)44(53)55/h9-14,17-26,29-30,33-35H,3-8,15-16,27-28,31-32,36-41H2,1-2H3,(H,59,61,66)(H,60,62,67);1-6,9-20,23-25H,7-8,21-22,26-31H2,(H2,45,49)(H2,46,50). The molecule has 14 rings (SSSR count). The van der Waals surface area contributed by atoms with Crippen LogP contribution in [-0.2, 0) is 88.1 Å². The van der Waals surface area contributed by atoms with Gasteiger partial charge in [-0.25, -0.2) is 19.9 Å². The van der Waals surface area contributed by atoms with E-state index in [1.54, 1.807) is 85.5 Å². The molecule has 648 valence electrons. The molecule has 0 aliphatic carbocycles. The van der Waals surface area contributed by atoms with Crippen LogP contribution in [0.1, 0.15) is 200 Å². The van der Waals surface area contributed by atoms with Crippen molar-refractivity contribution < 1.29 is 38.2 Å². The number of nitrogen functional groups attached to an aromatic ring is 2. The number of nitrogens with zero attached hydrogens (tertiary/aromatic N) is 14. The molecule has 126 heavy (non-hydrogen) atoms. The fourth-order valence-corrected chi connectivity index (χ4v) is 15.4. The van der Waals surface area contributed by atoms with Gasteiger partial charge in [-0.1, -0.05) is 124 Å². The third-order valence-electron chi connectivity index (χ3n) is 21.3. The zero-order valence-corrected chi connectivity index (χ0v) is 71.7. The Kier molecular flexibility index (Phi) is 33.4. The van der Waals surface area contributed by atoms with Crippen LogP contribution in [-0.4, -0.2) is 131 Å². The van der Waals surface area contributed by atoms with Gasteiger partial charge >= 0.3 is 0 Å². The number of pyridine rings is 8. The van der Waals surface area contributed by atoms with Crippen LogP contribution < -0.4 is 31.6 Å². The predicted octanol–water partition coefficient (Wildman–Crippen LogP) is 16.5. The summed E-state index contributed by atoms with van der Waals surface area (Å²) in [5.41, 5.74) is 25.1. The van der Waals surface area contributed by atoms with Gasteiger partial charge in [0.05, 0.1) is 81.0 Å². The van der Waals surface area contributed by atoms with E-state index in [0.717, 1.165) is 112 Å². The number of hydrogen-bond acceptors (Lipinski definition) is 22. The average Bonchev–Trinajstić information content (AvgIpc) is 1.64. The first kappa shape index (κ1) is 90.1.